The first kappa shape index (κ1) is 18.2. The summed E-state index contributed by atoms with van der Waals surface area (Å²) in [6, 6.07) is 10.6. The van der Waals surface area contributed by atoms with Crippen molar-refractivity contribution in [2.24, 2.45) is 0 Å². The Bertz CT molecular complexity index is 890. The van der Waals surface area contributed by atoms with Crippen molar-refractivity contribution >= 4 is 22.4 Å². The molecule has 0 aliphatic rings. The van der Waals surface area contributed by atoms with E-state index in [4.69, 9.17) is 4.74 Å². The quantitative estimate of drug-likeness (QED) is 0.690. The smallest absolute Gasteiger partial charge is 0.257 e. The number of carbonyl (C=O) groups is 1. The van der Waals surface area contributed by atoms with E-state index in [1.54, 1.807) is 7.11 Å². The highest BCUT2D eigenvalue weighted by Crippen LogP contribution is 2.25. The standard InChI is InChI=1S/C19H16F2N2O2S/c1-25-7-6-12-2-4-13(5-3-12)17-11-26-19(22-17)23-18(24)14-8-15(20)10-16(21)9-14/h2-5,8-11H,6-7H2,1H3,(H,22,23,24). The Kier molecular flexibility index (Phi) is 5.70. The number of nitrogens with zero attached hydrogens (tertiary/aromatic N) is 1. The fraction of sp³-hybridized carbons (Fsp3) is 0.158. The van der Waals surface area contributed by atoms with E-state index in [1.165, 1.54) is 11.3 Å². The first-order chi connectivity index (χ1) is 12.5. The van der Waals surface area contributed by atoms with Crippen LogP contribution in [0.4, 0.5) is 13.9 Å². The summed E-state index contributed by atoms with van der Waals surface area (Å²) in [7, 11) is 1.66. The number of hydrogen-bond donors (Lipinski definition) is 1. The lowest BCUT2D eigenvalue weighted by atomic mass is 10.1. The molecule has 0 spiro atoms. The number of amides is 1. The van der Waals surface area contributed by atoms with Crippen LogP contribution in [0.5, 0.6) is 0 Å². The van der Waals surface area contributed by atoms with Crippen molar-refractivity contribution in [3.63, 3.8) is 0 Å². The van der Waals surface area contributed by atoms with Crippen molar-refractivity contribution in [1.82, 2.24) is 4.98 Å². The van der Waals surface area contributed by atoms with Gasteiger partial charge in [0.25, 0.3) is 5.91 Å². The Morgan fingerprint density at radius 2 is 1.85 bits per heavy atom. The molecule has 1 aromatic heterocycles. The predicted octanol–water partition coefficient (Wildman–Crippen LogP) is 4.53. The zero-order chi connectivity index (χ0) is 18.5. The van der Waals surface area contributed by atoms with Gasteiger partial charge in [-0.1, -0.05) is 24.3 Å². The summed E-state index contributed by atoms with van der Waals surface area (Å²) >= 11 is 1.24. The lowest BCUT2D eigenvalue weighted by Crippen LogP contribution is -2.12. The van der Waals surface area contributed by atoms with Crippen molar-refractivity contribution in [3.8, 4) is 11.3 Å². The molecule has 2 aromatic carbocycles. The van der Waals surface area contributed by atoms with Crippen molar-refractivity contribution in [2.45, 2.75) is 6.42 Å². The van der Waals surface area contributed by atoms with Gasteiger partial charge >= 0.3 is 0 Å². The van der Waals surface area contributed by atoms with Gasteiger partial charge in [-0.25, -0.2) is 13.8 Å². The first-order valence-electron chi connectivity index (χ1n) is 7.86. The fourth-order valence-corrected chi connectivity index (χ4v) is 3.09. The van der Waals surface area contributed by atoms with E-state index < -0.39 is 17.5 Å². The highest BCUT2D eigenvalue weighted by molar-refractivity contribution is 7.14. The third-order valence-electron chi connectivity index (χ3n) is 3.69. The molecule has 1 N–H and O–H groups in total. The molecule has 4 nitrogen and oxygen atoms in total. The number of methoxy groups -OCH3 is 1. The Morgan fingerprint density at radius 3 is 2.50 bits per heavy atom. The molecule has 1 amide bonds. The fourth-order valence-electron chi connectivity index (χ4n) is 2.38. The van der Waals surface area contributed by atoms with E-state index in [1.807, 2.05) is 29.6 Å². The Hall–Kier alpha value is -2.64. The molecule has 0 saturated carbocycles. The zero-order valence-electron chi connectivity index (χ0n) is 14.0. The third-order valence-corrected chi connectivity index (χ3v) is 4.45. The minimum Gasteiger partial charge on any atom is -0.384 e. The van der Waals surface area contributed by atoms with Gasteiger partial charge in [0.15, 0.2) is 5.13 Å². The summed E-state index contributed by atoms with van der Waals surface area (Å²) in [5.74, 6) is -2.22. The predicted molar refractivity (Wildman–Crippen MR) is 97.4 cm³/mol. The number of thiazole rings is 1. The summed E-state index contributed by atoms with van der Waals surface area (Å²) in [5, 5.41) is 4.73. The molecule has 0 bridgehead atoms. The van der Waals surface area contributed by atoms with Crippen molar-refractivity contribution < 1.29 is 18.3 Å². The summed E-state index contributed by atoms with van der Waals surface area (Å²) in [6.07, 6.45) is 0.833. The first-order valence-corrected chi connectivity index (χ1v) is 8.74. The number of carbonyl (C=O) groups excluding carboxylic acids is 1. The van der Waals surface area contributed by atoms with E-state index >= 15 is 0 Å². The largest absolute Gasteiger partial charge is 0.384 e. The maximum atomic E-state index is 13.2. The average molecular weight is 374 g/mol. The van der Waals surface area contributed by atoms with Crippen LogP contribution in [-0.2, 0) is 11.2 Å². The Labute approximate surface area is 153 Å². The van der Waals surface area contributed by atoms with Crippen LogP contribution in [0.3, 0.4) is 0 Å². The van der Waals surface area contributed by atoms with Crippen molar-refractivity contribution in [3.05, 3.63) is 70.6 Å². The van der Waals surface area contributed by atoms with Crippen LogP contribution in [0.15, 0.2) is 47.8 Å². The molecule has 0 aliphatic carbocycles. The van der Waals surface area contributed by atoms with Gasteiger partial charge in [0, 0.05) is 29.7 Å². The lowest BCUT2D eigenvalue weighted by Gasteiger charge is -2.03. The van der Waals surface area contributed by atoms with E-state index in [2.05, 4.69) is 10.3 Å². The number of ether oxygens (including phenoxy) is 1. The van der Waals surface area contributed by atoms with Gasteiger partial charge in [-0.2, -0.15) is 0 Å². The molecule has 3 rings (SSSR count). The van der Waals surface area contributed by atoms with Crippen molar-refractivity contribution in [1.29, 1.82) is 0 Å². The maximum Gasteiger partial charge on any atom is 0.257 e. The molecular weight excluding hydrogens is 358 g/mol. The third kappa shape index (κ3) is 4.50. The minimum absolute atomic E-state index is 0.0956. The van der Waals surface area contributed by atoms with Gasteiger partial charge in [0.2, 0.25) is 0 Å². The molecule has 3 aromatic rings. The molecule has 0 unspecified atom stereocenters. The SMILES string of the molecule is COCCc1ccc(-c2csc(NC(=O)c3cc(F)cc(F)c3)n2)cc1. The van der Waals surface area contributed by atoms with Crippen LogP contribution in [0.1, 0.15) is 15.9 Å². The molecule has 0 aliphatic heterocycles. The second-order valence-electron chi connectivity index (χ2n) is 5.59. The van der Waals surface area contributed by atoms with Gasteiger partial charge in [0.1, 0.15) is 11.6 Å². The molecule has 1 heterocycles. The van der Waals surface area contributed by atoms with Gasteiger partial charge < -0.3 is 4.74 Å². The van der Waals surface area contributed by atoms with Gasteiger partial charge in [-0.3, -0.25) is 10.1 Å². The molecule has 0 saturated heterocycles. The number of nitrogens with one attached hydrogen (secondary N) is 1. The molecule has 7 heteroatoms. The van der Waals surface area contributed by atoms with E-state index in [0.29, 0.717) is 23.5 Å². The highest BCUT2D eigenvalue weighted by Gasteiger charge is 2.12. The zero-order valence-corrected chi connectivity index (χ0v) is 14.8. The number of rotatable bonds is 6. The average Bonchev–Trinajstić information content (AvgIpc) is 3.08. The molecule has 134 valence electrons. The molecule has 0 radical (unpaired) electrons. The summed E-state index contributed by atoms with van der Waals surface area (Å²) < 4.78 is 31.5. The second kappa shape index (κ2) is 8.16. The monoisotopic (exact) mass is 374 g/mol. The second-order valence-corrected chi connectivity index (χ2v) is 6.45. The van der Waals surface area contributed by atoms with E-state index in [0.717, 1.165) is 29.7 Å². The Balaban J connectivity index is 1.70. The van der Waals surface area contributed by atoms with Crippen LogP contribution < -0.4 is 5.32 Å². The van der Waals surface area contributed by atoms with E-state index in [9.17, 15) is 13.6 Å². The van der Waals surface area contributed by atoms with Crippen LogP contribution >= 0.6 is 11.3 Å². The maximum absolute atomic E-state index is 13.2. The summed E-state index contributed by atoms with van der Waals surface area (Å²) in [5.41, 5.74) is 2.70. The van der Waals surface area contributed by atoms with Crippen molar-refractivity contribution in [2.75, 3.05) is 19.0 Å². The summed E-state index contributed by atoms with van der Waals surface area (Å²) in [4.78, 5) is 16.5. The topological polar surface area (TPSA) is 51.2 Å². The molecule has 0 fully saturated rings. The Morgan fingerprint density at radius 1 is 1.15 bits per heavy atom. The number of anilines is 1. The summed E-state index contributed by atoms with van der Waals surface area (Å²) in [6.45, 7) is 0.660. The van der Waals surface area contributed by atoms with E-state index in [-0.39, 0.29) is 5.56 Å². The molecular formula is C19H16F2N2O2S. The number of benzene rings is 2. The molecule has 26 heavy (non-hydrogen) atoms. The number of halogens is 2. The lowest BCUT2D eigenvalue weighted by molar-refractivity contribution is 0.102. The minimum atomic E-state index is -0.802. The van der Waals surface area contributed by atoms with Crippen LogP contribution in [0.2, 0.25) is 0 Å². The number of aromatic nitrogens is 1. The van der Waals surface area contributed by atoms with Crippen LogP contribution in [0.25, 0.3) is 11.3 Å². The van der Waals surface area contributed by atoms with Crippen LogP contribution in [-0.4, -0.2) is 24.6 Å². The van der Waals surface area contributed by atoms with Gasteiger partial charge in [-0.15, -0.1) is 11.3 Å². The number of hydrogen-bond acceptors (Lipinski definition) is 4. The van der Waals surface area contributed by atoms with Gasteiger partial charge in [-0.05, 0) is 24.1 Å². The molecule has 0 atom stereocenters. The highest BCUT2D eigenvalue weighted by atomic mass is 32.1. The van der Waals surface area contributed by atoms with Gasteiger partial charge in [0.05, 0.1) is 12.3 Å². The van der Waals surface area contributed by atoms with Crippen LogP contribution in [0, 0.1) is 11.6 Å². The normalized spacial score (nSPS) is 10.7.